The van der Waals surface area contributed by atoms with Gasteiger partial charge in [-0.2, -0.15) is 0 Å². The monoisotopic (exact) mass is 535 g/mol. The summed E-state index contributed by atoms with van der Waals surface area (Å²) in [7, 11) is 3.40. The van der Waals surface area contributed by atoms with Crippen molar-refractivity contribution >= 4 is 33.4 Å². The normalized spacial score (nSPS) is 13.2. The molecule has 7 heteroatoms. The average molecular weight is 536 g/mol. The Morgan fingerprint density at radius 2 is 1.22 bits per heavy atom. The Morgan fingerprint density at radius 1 is 0.750 bits per heavy atom. The van der Waals surface area contributed by atoms with Gasteiger partial charge in [0.1, 0.15) is 0 Å². The first-order valence-corrected chi connectivity index (χ1v) is 15.8. The van der Waals surface area contributed by atoms with E-state index in [1.54, 1.807) is 21.6 Å². The summed E-state index contributed by atoms with van der Waals surface area (Å²) in [6.07, 6.45) is 29.3. The van der Waals surface area contributed by atoms with Gasteiger partial charge in [-0.3, -0.25) is 9.59 Å². The van der Waals surface area contributed by atoms with Gasteiger partial charge in [-0.25, -0.2) is 0 Å². The molecule has 0 saturated heterocycles. The molecule has 0 rings (SSSR count). The van der Waals surface area contributed by atoms with Crippen LogP contribution in [0.1, 0.15) is 72.1 Å². The quantitative estimate of drug-likeness (QED) is 0.0836. The van der Waals surface area contributed by atoms with Gasteiger partial charge in [-0.15, -0.1) is 0 Å². The minimum atomic E-state index is -0.446. The second kappa shape index (κ2) is 26.4. The minimum absolute atomic E-state index is 0.0903. The fourth-order valence-electron chi connectivity index (χ4n) is 2.82. The van der Waals surface area contributed by atoms with Crippen LogP contribution in [0.5, 0.6) is 0 Å². The first kappa shape index (κ1) is 34.3. The van der Waals surface area contributed by atoms with Crippen LogP contribution in [-0.2, 0) is 9.59 Å². The van der Waals surface area contributed by atoms with E-state index in [0.717, 1.165) is 56.5 Å². The van der Waals surface area contributed by atoms with Crippen LogP contribution in [0.4, 0.5) is 0 Å². The molecule has 36 heavy (non-hydrogen) atoms. The summed E-state index contributed by atoms with van der Waals surface area (Å²) in [6.45, 7) is 7.31. The molecule has 0 heterocycles. The van der Waals surface area contributed by atoms with Gasteiger partial charge in [0.25, 0.3) is 0 Å². The summed E-state index contributed by atoms with van der Waals surface area (Å²) >= 11 is 0. The number of hydrogen-bond acceptors (Lipinski definition) is 5. The number of nitrogens with two attached hydrogens (primary N) is 1. The second-order valence-electron chi connectivity index (χ2n) is 8.66. The van der Waals surface area contributed by atoms with Crippen molar-refractivity contribution in [3.63, 3.8) is 0 Å². The van der Waals surface area contributed by atoms with Crippen LogP contribution in [-0.4, -0.2) is 42.5 Å². The van der Waals surface area contributed by atoms with Gasteiger partial charge in [-0.05, 0) is 50.9 Å². The largest absolute Gasteiger partial charge is 0.355 e. The maximum atomic E-state index is 11.9. The highest BCUT2D eigenvalue weighted by Gasteiger charge is 2.16. The number of allylic oxidation sites excluding steroid dienone is 10. The first-order chi connectivity index (χ1) is 17.5. The lowest BCUT2D eigenvalue weighted by molar-refractivity contribution is -0.123. The van der Waals surface area contributed by atoms with E-state index >= 15 is 0 Å². The Kier molecular flexibility index (Phi) is 25.1. The predicted octanol–water partition coefficient (Wildman–Crippen LogP) is 6.51. The highest BCUT2D eigenvalue weighted by atomic mass is 33.1. The maximum Gasteiger partial charge on any atom is 0.237 e. The highest BCUT2D eigenvalue weighted by Crippen LogP contribution is 2.19. The van der Waals surface area contributed by atoms with E-state index in [0.29, 0.717) is 19.5 Å². The van der Waals surface area contributed by atoms with Crippen LogP contribution < -0.4 is 16.4 Å². The van der Waals surface area contributed by atoms with Gasteiger partial charge in [0, 0.05) is 31.0 Å². The summed E-state index contributed by atoms with van der Waals surface area (Å²) in [5, 5.41) is 5.82. The predicted molar refractivity (Wildman–Crippen MR) is 162 cm³/mol. The van der Waals surface area contributed by atoms with Crippen molar-refractivity contribution in [1.82, 2.24) is 10.6 Å². The van der Waals surface area contributed by atoms with Crippen LogP contribution in [0, 0.1) is 5.92 Å². The SMILES string of the molecule is CCC=CCC=CCC=CCC=CCC=CCCCC(=O)NCCSSCCNC(=O)[C@@H](N)C(C)C. The van der Waals surface area contributed by atoms with Crippen molar-refractivity contribution in [2.24, 2.45) is 11.7 Å². The van der Waals surface area contributed by atoms with Crippen molar-refractivity contribution < 1.29 is 9.59 Å². The summed E-state index contributed by atoms with van der Waals surface area (Å²) in [4.78, 5) is 23.6. The molecule has 1 atom stereocenters. The van der Waals surface area contributed by atoms with Crippen LogP contribution in [0.25, 0.3) is 0 Å². The smallest absolute Gasteiger partial charge is 0.237 e. The molecule has 0 unspecified atom stereocenters. The molecule has 0 fully saturated rings. The molecule has 5 nitrogen and oxygen atoms in total. The number of amides is 2. The third kappa shape index (κ3) is 24.0. The lowest BCUT2D eigenvalue weighted by atomic mass is 10.1. The zero-order valence-electron chi connectivity index (χ0n) is 22.6. The number of carbonyl (C=O) groups is 2. The molecule has 0 aromatic rings. The average Bonchev–Trinajstić information content (AvgIpc) is 2.86. The molecule has 2 amide bonds. The van der Waals surface area contributed by atoms with Gasteiger partial charge in [0.2, 0.25) is 11.8 Å². The van der Waals surface area contributed by atoms with Crippen molar-refractivity contribution in [1.29, 1.82) is 0 Å². The van der Waals surface area contributed by atoms with Gasteiger partial charge in [-0.1, -0.05) is 103 Å². The number of carbonyl (C=O) groups excluding carboxylic acids is 2. The second-order valence-corrected chi connectivity index (χ2v) is 11.4. The molecule has 0 aromatic heterocycles. The van der Waals surface area contributed by atoms with Crippen molar-refractivity contribution in [3.05, 3.63) is 60.8 Å². The molecule has 0 aliphatic rings. The van der Waals surface area contributed by atoms with E-state index in [2.05, 4.69) is 78.3 Å². The molecule has 0 saturated carbocycles. The van der Waals surface area contributed by atoms with Gasteiger partial charge in [0.05, 0.1) is 6.04 Å². The van der Waals surface area contributed by atoms with E-state index in [9.17, 15) is 9.59 Å². The molecule has 0 aliphatic carbocycles. The molecule has 0 spiro atoms. The first-order valence-electron chi connectivity index (χ1n) is 13.3. The van der Waals surface area contributed by atoms with Gasteiger partial charge >= 0.3 is 0 Å². The van der Waals surface area contributed by atoms with Crippen LogP contribution in [0.15, 0.2) is 60.8 Å². The zero-order chi connectivity index (χ0) is 26.7. The van der Waals surface area contributed by atoms with Gasteiger partial charge in [0.15, 0.2) is 0 Å². The molecule has 0 radical (unpaired) electrons. The molecule has 0 aliphatic heterocycles. The summed E-state index contributed by atoms with van der Waals surface area (Å²) < 4.78 is 0. The summed E-state index contributed by atoms with van der Waals surface area (Å²) in [6, 6.07) is -0.446. The van der Waals surface area contributed by atoms with Gasteiger partial charge < -0.3 is 16.4 Å². The molecular weight excluding hydrogens is 486 g/mol. The number of hydrogen-bond donors (Lipinski definition) is 3. The van der Waals surface area contributed by atoms with Crippen LogP contribution in [0.3, 0.4) is 0 Å². The Morgan fingerprint density at radius 3 is 1.72 bits per heavy atom. The molecule has 4 N–H and O–H groups in total. The standard InChI is InChI=1S/C29H49N3O2S2/c1-4-5-6-7-8-9-10-11-12-13-14-15-16-17-18-19-20-21-27(33)31-22-24-35-36-25-23-32-29(34)28(30)26(2)3/h5-6,8-9,11-12,14-15,17-18,26,28H,4,7,10,13,16,19-25,30H2,1-3H3,(H,31,33)(H,32,34)/t28-/m0/s1. The summed E-state index contributed by atoms with van der Waals surface area (Å²) in [5.41, 5.74) is 5.80. The number of rotatable bonds is 22. The Balaban J connectivity index is 3.52. The third-order valence-electron chi connectivity index (χ3n) is 5.03. The van der Waals surface area contributed by atoms with E-state index < -0.39 is 6.04 Å². The lowest BCUT2D eigenvalue weighted by Gasteiger charge is -2.14. The third-order valence-corrected chi connectivity index (χ3v) is 7.44. The maximum absolute atomic E-state index is 11.9. The van der Waals surface area contributed by atoms with E-state index in [1.807, 2.05) is 13.8 Å². The molecular formula is C29H49N3O2S2. The molecule has 0 aromatic carbocycles. The molecule has 0 bridgehead atoms. The Hall–Kier alpha value is -1.70. The fraction of sp³-hybridized carbons (Fsp3) is 0.586. The van der Waals surface area contributed by atoms with E-state index in [-0.39, 0.29) is 17.7 Å². The lowest BCUT2D eigenvalue weighted by Crippen LogP contribution is -2.44. The zero-order valence-corrected chi connectivity index (χ0v) is 24.3. The topological polar surface area (TPSA) is 84.2 Å². The van der Waals surface area contributed by atoms with Crippen LogP contribution in [0.2, 0.25) is 0 Å². The van der Waals surface area contributed by atoms with Crippen molar-refractivity contribution in [2.45, 2.75) is 78.2 Å². The van der Waals surface area contributed by atoms with E-state index in [1.165, 1.54) is 0 Å². The van der Waals surface area contributed by atoms with Crippen molar-refractivity contribution in [3.8, 4) is 0 Å². The Labute approximate surface area is 228 Å². The Bertz CT molecular complexity index is 701. The van der Waals surface area contributed by atoms with E-state index in [4.69, 9.17) is 5.73 Å². The van der Waals surface area contributed by atoms with Crippen LogP contribution >= 0.6 is 21.6 Å². The minimum Gasteiger partial charge on any atom is -0.355 e. The number of unbranched alkanes of at least 4 members (excludes halogenated alkanes) is 1. The molecule has 204 valence electrons. The highest BCUT2D eigenvalue weighted by molar-refractivity contribution is 8.76. The van der Waals surface area contributed by atoms with Crippen molar-refractivity contribution in [2.75, 3.05) is 24.6 Å². The summed E-state index contributed by atoms with van der Waals surface area (Å²) in [5.74, 6) is 1.84. The fourth-order valence-corrected chi connectivity index (χ4v) is 4.64. The number of nitrogens with one attached hydrogen (secondary N) is 2.